The van der Waals surface area contributed by atoms with Gasteiger partial charge in [0.1, 0.15) is 0 Å². The topological polar surface area (TPSA) is 29.9 Å². The Bertz CT molecular complexity index is 353. The van der Waals surface area contributed by atoms with Crippen LogP contribution in [0.15, 0.2) is 12.4 Å². The van der Waals surface area contributed by atoms with Crippen LogP contribution in [0.3, 0.4) is 0 Å². The fourth-order valence-electron chi connectivity index (χ4n) is 2.07. The van der Waals surface area contributed by atoms with E-state index in [4.69, 9.17) is 11.6 Å². The Hall–Kier alpha value is -0.540. The van der Waals surface area contributed by atoms with Gasteiger partial charge in [0.2, 0.25) is 0 Å². The van der Waals surface area contributed by atoms with E-state index in [1.54, 1.807) is 6.20 Å². The summed E-state index contributed by atoms with van der Waals surface area (Å²) in [4.78, 5) is 0. The van der Waals surface area contributed by atoms with Crippen molar-refractivity contribution in [3.05, 3.63) is 17.4 Å². The van der Waals surface area contributed by atoms with Gasteiger partial charge in [-0.15, -0.1) is 0 Å². The van der Waals surface area contributed by atoms with Gasteiger partial charge in [0.25, 0.3) is 0 Å². The molecule has 4 heteroatoms. The summed E-state index contributed by atoms with van der Waals surface area (Å²) in [6.07, 6.45) is 6.14. The van der Waals surface area contributed by atoms with E-state index in [9.17, 15) is 0 Å². The van der Waals surface area contributed by atoms with Gasteiger partial charge in [-0.05, 0) is 39.5 Å². The summed E-state index contributed by atoms with van der Waals surface area (Å²) in [7, 11) is 0. The summed E-state index contributed by atoms with van der Waals surface area (Å²) in [5.74, 6) is 0.690. The van der Waals surface area contributed by atoms with E-state index in [0.29, 0.717) is 12.0 Å². The molecule has 90 valence electrons. The van der Waals surface area contributed by atoms with Crippen LogP contribution >= 0.6 is 11.6 Å². The van der Waals surface area contributed by atoms with Crippen LogP contribution in [0, 0.1) is 5.92 Å². The fourth-order valence-corrected chi connectivity index (χ4v) is 2.21. The van der Waals surface area contributed by atoms with E-state index in [2.05, 4.69) is 31.2 Å². The molecule has 0 amide bonds. The molecule has 0 aromatic carbocycles. The summed E-state index contributed by atoms with van der Waals surface area (Å²) < 4.78 is 2.01. The zero-order chi connectivity index (χ0) is 11.8. The number of hydrogen-bond acceptors (Lipinski definition) is 2. The molecule has 1 saturated carbocycles. The molecule has 0 spiro atoms. The van der Waals surface area contributed by atoms with Crippen molar-refractivity contribution in [2.45, 2.75) is 45.2 Å². The first-order valence-electron chi connectivity index (χ1n) is 5.90. The standard InChI is InChI=1S/C12H20ClN3/c1-12(2,3)14-6-9-4-5-11(9)16-8-10(13)7-15-16/h7-9,11,14H,4-6H2,1-3H3. The molecule has 1 aliphatic carbocycles. The minimum Gasteiger partial charge on any atom is -0.312 e. The van der Waals surface area contributed by atoms with Crippen LogP contribution in [0.1, 0.15) is 39.7 Å². The van der Waals surface area contributed by atoms with Crippen LogP contribution in [0.2, 0.25) is 5.02 Å². The minimum absolute atomic E-state index is 0.196. The molecule has 2 atom stereocenters. The maximum Gasteiger partial charge on any atom is 0.0785 e. The Balaban J connectivity index is 1.89. The van der Waals surface area contributed by atoms with E-state index in [1.165, 1.54) is 12.8 Å². The molecule has 2 rings (SSSR count). The summed E-state index contributed by atoms with van der Waals surface area (Å²) in [5.41, 5.74) is 0.196. The Morgan fingerprint density at radius 1 is 1.50 bits per heavy atom. The van der Waals surface area contributed by atoms with Gasteiger partial charge < -0.3 is 5.32 Å². The Labute approximate surface area is 102 Å². The van der Waals surface area contributed by atoms with Gasteiger partial charge in [-0.3, -0.25) is 4.68 Å². The highest BCUT2D eigenvalue weighted by Crippen LogP contribution is 2.38. The lowest BCUT2D eigenvalue weighted by molar-refractivity contribution is 0.153. The zero-order valence-corrected chi connectivity index (χ0v) is 11.0. The molecule has 1 aromatic rings. The number of hydrogen-bond donors (Lipinski definition) is 1. The van der Waals surface area contributed by atoms with E-state index in [1.807, 2.05) is 10.9 Å². The van der Waals surface area contributed by atoms with E-state index < -0.39 is 0 Å². The molecular weight excluding hydrogens is 222 g/mol. The van der Waals surface area contributed by atoms with Gasteiger partial charge in [-0.2, -0.15) is 5.10 Å². The predicted molar refractivity (Wildman–Crippen MR) is 66.8 cm³/mol. The largest absolute Gasteiger partial charge is 0.312 e. The third-order valence-electron chi connectivity index (χ3n) is 3.18. The van der Waals surface area contributed by atoms with Gasteiger partial charge in [0.05, 0.1) is 17.3 Å². The molecule has 1 N–H and O–H groups in total. The van der Waals surface area contributed by atoms with Gasteiger partial charge in [-0.25, -0.2) is 0 Å². The summed E-state index contributed by atoms with van der Waals surface area (Å²) >= 11 is 5.88. The Kier molecular flexibility index (Phi) is 3.27. The second-order valence-electron chi connectivity index (χ2n) is 5.67. The monoisotopic (exact) mass is 241 g/mol. The minimum atomic E-state index is 0.196. The normalized spacial score (nSPS) is 25.5. The highest BCUT2D eigenvalue weighted by molar-refractivity contribution is 6.30. The molecule has 0 aliphatic heterocycles. The van der Waals surface area contributed by atoms with Gasteiger partial charge in [0.15, 0.2) is 0 Å². The van der Waals surface area contributed by atoms with E-state index in [0.717, 1.165) is 11.6 Å². The Morgan fingerprint density at radius 2 is 2.25 bits per heavy atom. The zero-order valence-electron chi connectivity index (χ0n) is 10.2. The second kappa shape index (κ2) is 4.38. The number of nitrogens with zero attached hydrogens (tertiary/aromatic N) is 2. The second-order valence-corrected chi connectivity index (χ2v) is 6.11. The van der Waals surface area contributed by atoms with Gasteiger partial charge >= 0.3 is 0 Å². The molecule has 0 saturated heterocycles. The lowest BCUT2D eigenvalue weighted by atomic mass is 9.79. The van der Waals surface area contributed by atoms with E-state index in [-0.39, 0.29) is 5.54 Å². The molecular formula is C12H20ClN3. The maximum atomic E-state index is 5.88. The summed E-state index contributed by atoms with van der Waals surface area (Å²) in [6.45, 7) is 7.66. The number of rotatable bonds is 3. The van der Waals surface area contributed by atoms with Crippen LogP contribution in [0.25, 0.3) is 0 Å². The van der Waals surface area contributed by atoms with Crippen LogP contribution in [0.5, 0.6) is 0 Å². The average Bonchev–Trinajstić information content (AvgIpc) is 2.47. The molecule has 0 bridgehead atoms. The van der Waals surface area contributed by atoms with Crippen molar-refractivity contribution in [3.8, 4) is 0 Å². The molecule has 1 aromatic heterocycles. The van der Waals surface area contributed by atoms with Crippen molar-refractivity contribution in [1.29, 1.82) is 0 Å². The molecule has 1 heterocycles. The van der Waals surface area contributed by atoms with Crippen molar-refractivity contribution >= 4 is 11.6 Å². The molecule has 1 fully saturated rings. The van der Waals surface area contributed by atoms with Gasteiger partial charge in [0, 0.05) is 18.3 Å². The molecule has 16 heavy (non-hydrogen) atoms. The highest BCUT2D eigenvalue weighted by Gasteiger charge is 2.33. The van der Waals surface area contributed by atoms with Crippen molar-refractivity contribution in [3.63, 3.8) is 0 Å². The van der Waals surface area contributed by atoms with Gasteiger partial charge in [-0.1, -0.05) is 11.6 Å². The maximum absolute atomic E-state index is 5.88. The molecule has 3 nitrogen and oxygen atoms in total. The van der Waals surface area contributed by atoms with Crippen molar-refractivity contribution in [1.82, 2.24) is 15.1 Å². The first kappa shape index (κ1) is 11.9. The predicted octanol–water partition coefficient (Wildman–Crippen LogP) is 2.88. The molecule has 2 unspecified atom stereocenters. The SMILES string of the molecule is CC(C)(C)NCC1CCC1n1cc(Cl)cn1. The number of aromatic nitrogens is 2. The third-order valence-corrected chi connectivity index (χ3v) is 3.38. The molecule has 1 aliphatic rings. The number of nitrogens with one attached hydrogen (secondary N) is 1. The summed E-state index contributed by atoms with van der Waals surface area (Å²) in [5, 5.41) is 8.58. The smallest absolute Gasteiger partial charge is 0.0785 e. The first-order valence-corrected chi connectivity index (χ1v) is 6.28. The van der Waals surface area contributed by atoms with Crippen molar-refractivity contribution in [2.75, 3.05) is 6.54 Å². The Morgan fingerprint density at radius 3 is 2.69 bits per heavy atom. The number of halogens is 1. The fraction of sp³-hybridized carbons (Fsp3) is 0.750. The first-order chi connectivity index (χ1) is 7.46. The van der Waals surface area contributed by atoms with Crippen molar-refractivity contribution in [2.24, 2.45) is 5.92 Å². The van der Waals surface area contributed by atoms with E-state index >= 15 is 0 Å². The highest BCUT2D eigenvalue weighted by atomic mass is 35.5. The third kappa shape index (κ3) is 2.77. The van der Waals surface area contributed by atoms with Crippen LogP contribution in [-0.4, -0.2) is 21.9 Å². The lowest BCUT2D eigenvalue weighted by Crippen LogP contribution is -2.44. The van der Waals surface area contributed by atoms with Crippen LogP contribution in [-0.2, 0) is 0 Å². The average molecular weight is 242 g/mol. The quantitative estimate of drug-likeness (QED) is 0.882. The summed E-state index contributed by atoms with van der Waals surface area (Å²) in [6, 6.07) is 0.530. The molecule has 0 radical (unpaired) electrons. The lowest BCUT2D eigenvalue weighted by Gasteiger charge is -2.38. The van der Waals surface area contributed by atoms with Crippen LogP contribution < -0.4 is 5.32 Å². The van der Waals surface area contributed by atoms with Crippen LogP contribution in [0.4, 0.5) is 0 Å². The van der Waals surface area contributed by atoms with Crippen molar-refractivity contribution < 1.29 is 0 Å².